The number of para-hydroxylation sites is 1. The van der Waals surface area contributed by atoms with Crippen LogP contribution in [0.5, 0.6) is 0 Å². The minimum absolute atomic E-state index is 0.0540. The molecule has 3 aromatic rings. The van der Waals surface area contributed by atoms with Gasteiger partial charge in [0.25, 0.3) is 0 Å². The van der Waals surface area contributed by atoms with Gasteiger partial charge >= 0.3 is 0 Å². The second-order valence-corrected chi connectivity index (χ2v) is 7.84. The number of ketones is 1. The van der Waals surface area contributed by atoms with Crippen LogP contribution in [0.2, 0.25) is 0 Å². The number of hydrogen-bond acceptors (Lipinski definition) is 1. The molecule has 0 aliphatic heterocycles. The van der Waals surface area contributed by atoms with Crippen LogP contribution in [-0.2, 0) is 6.54 Å². The molecule has 2 aromatic carbocycles. The number of fused-ring (bicyclic) bond motifs is 2. The van der Waals surface area contributed by atoms with E-state index in [-0.39, 0.29) is 17.5 Å². The molecule has 2 nitrogen and oxygen atoms in total. The van der Waals surface area contributed by atoms with Crippen molar-refractivity contribution in [2.75, 3.05) is 0 Å². The number of allylic oxidation sites excluding steroid dienone is 2. The summed E-state index contributed by atoms with van der Waals surface area (Å²) in [5.41, 5.74) is 4.45. The fraction of sp³-hybridized carbons (Fsp3) is 0.269. The zero-order valence-electron chi connectivity index (χ0n) is 17.0. The normalized spacial score (nSPS) is 15.7. The molecule has 1 atom stereocenters. The van der Waals surface area contributed by atoms with Crippen LogP contribution in [0.4, 0.5) is 4.39 Å². The summed E-state index contributed by atoms with van der Waals surface area (Å²) in [6.45, 7) is 9.12. The number of unbranched alkanes of at least 4 members (excludes halogenated alkanes) is 2. The van der Waals surface area contributed by atoms with Gasteiger partial charge in [-0.15, -0.1) is 0 Å². The fourth-order valence-electron chi connectivity index (χ4n) is 4.25. The Kier molecular flexibility index (Phi) is 5.23. The molecule has 0 saturated carbocycles. The first kappa shape index (κ1) is 19.4. The van der Waals surface area contributed by atoms with Crippen molar-refractivity contribution in [1.29, 1.82) is 0 Å². The quantitative estimate of drug-likeness (QED) is 0.333. The van der Waals surface area contributed by atoms with Gasteiger partial charge in [0.15, 0.2) is 5.78 Å². The molecule has 148 valence electrons. The predicted molar refractivity (Wildman–Crippen MR) is 118 cm³/mol. The third-order valence-corrected chi connectivity index (χ3v) is 5.97. The standard InChI is InChI=1S/C26H26FNO/c1-4-5-8-15-28-16-22(19-9-6-7-10-24(19)28)26(29)21-13-14-23(27)20-12-11-17(2)18(3)25(20)21/h6-7,9-14,16,18H,2,4-5,8,15H2,1,3H3. The average molecular weight is 387 g/mol. The summed E-state index contributed by atoms with van der Waals surface area (Å²) in [7, 11) is 0. The summed E-state index contributed by atoms with van der Waals surface area (Å²) < 4.78 is 16.6. The highest BCUT2D eigenvalue weighted by Crippen LogP contribution is 2.38. The van der Waals surface area contributed by atoms with E-state index in [0.717, 1.165) is 47.8 Å². The first-order valence-corrected chi connectivity index (χ1v) is 10.3. The van der Waals surface area contributed by atoms with Crippen LogP contribution in [0.1, 0.15) is 66.1 Å². The lowest BCUT2D eigenvalue weighted by Gasteiger charge is -2.23. The summed E-state index contributed by atoms with van der Waals surface area (Å²) in [4.78, 5) is 13.6. The molecule has 1 unspecified atom stereocenters. The minimum atomic E-state index is -0.297. The van der Waals surface area contributed by atoms with Crippen molar-refractivity contribution in [3.8, 4) is 0 Å². The van der Waals surface area contributed by atoms with Gasteiger partial charge in [-0.3, -0.25) is 4.79 Å². The maximum absolute atomic E-state index is 14.5. The Morgan fingerprint density at radius 1 is 1.10 bits per heavy atom. The Morgan fingerprint density at radius 3 is 2.69 bits per heavy atom. The number of hydrogen-bond donors (Lipinski definition) is 0. The highest BCUT2D eigenvalue weighted by molar-refractivity contribution is 6.17. The molecule has 0 radical (unpaired) electrons. The zero-order chi connectivity index (χ0) is 20.5. The van der Waals surface area contributed by atoms with Gasteiger partial charge in [0, 0.05) is 46.3 Å². The van der Waals surface area contributed by atoms with Crippen LogP contribution in [-0.4, -0.2) is 10.4 Å². The molecule has 1 heterocycles. The van der Waals surface area contributed by atoms with Crippen LogP contribution in [0.15, 0.2) is 60.8 Å². The minimum Gasteiger partial charge on any atom is -0.347 e. The first-order chi connectivity index (χ1) is 14.0. The van der Waals surface area contributed by atoms with E-state index in [1.54, 1.807) is 12.1 Å². The van der Waals surface area contributed by atoms with Crippen molar-refractivity contribution in [3.05, 3.63) is 88.9 Å². The highest BCUT2D eigenvalue weighted by atomic mass is 19.1. The van der Waals surface area contributed by atoms with Gasteiger partial charge in [-0.2, -0.15) is 0 Å². The third-order valence-electron chi connectivity index (χ3n) is 5.97. The second kappa shape index (κ2) is 7.82. The van der Waals surface area contributed by atoms with Crippen LogP contribution in [0.25, 0.3) is 17.0 Å². The van der Waals surface area contributed by atoms with Crippen molar-refractivity contribution >= 4 is 22.8 Å². The number of nitrogens with zero attached hydrogens (tertiary/aromatic N) is 1. The van der Waals surface area contributed by atoms with Crippen molar-refractivity contribution in [2.45, 2.75) is 45.6 Å². The molecule has 1 aliphatic rings. The van der Waals surface area contributed by atoms with Crippen molar-refractivity contribution in [2.24, 2.45) is 0 Å². The Hall–Kier alpha value is -2.94. The summed E-state index contributed by atoms with van der Waals surface area (Å²) >= 11 is 0. The van der Waals surface area contributed by atoms with Gasteiger partial charge in [-0.25, -0.2) is 4.39 Å². The molecule has 0 amide bonds. The molecular formula is C26H26FNO. The summed E-state index contributed by atoms with van der Waals surface area (Å²) in [6, 6.07) is 11.1. The number of carbonyl (C=O) groups is 1. The van der Waals surface area contributed by atoms with Crippen LogP contribution in [0.3, 0.4) is 0 Å². The molecule has 0 fully saturated rings. The smallest absolute Gasteiger partial charge is 0.195 e. The van der Waals surface area contributed by atoms with E-state index in [1.165, 1.54) is 6.07 Å². The number of halogens is 1. The summed E-state index contributed by atoms with van der Waals surface area (Å²) in [5.74, 6) is -0.446. The molecule has 0 saturated heterocycles. The van der Waals surface area contributed by atoms with Crippen molar-refractivity contribution in [1.82, 2.24) is 4.57 Å². The lowest BCUT2D eigenvalue weighted by Crippen LogP contribution is -2.13. The Morgan fingerprint density at radius 2 is 1.90 bits per heavy atom. The van der Waals surface area contributed by atoms with Crippen molar-refractivity contribution in [3.63, 3.8) is 0 Å². The van der Waals surface area contributed by atoms with Crippen LogP contribution in [0, 0.1) is 5.82 Å². The molecular weight excluding hydrogens is 361 g/mol. The summed E-state index contributed by atoms with van der Waals surface area (Å²) in [5, 5.41) is 0.949. The Bertz CT molecular complexity index is 1140. The monoisotopic (exact) mass is 387 g/mol. The molecule has 1 aromatic heterocycles. The lowest BCUT2D eigenvalue weighted by molar-refractivity contribution is 0.103. The number of carbonyl (C=O) groups excluding carboxylic acids is 1. The highest BCUT2D eigenvalue weighted by Gasteiger charge is 2.27. The third kappa shape index (κ3) is 3.35. The predicted octanol–water partition coefficient (Wildman–Crippen LogP) is 6.89. The molecule has 0 N–H and O–H groups in total. The van der Waals surface area contributed by atoms with Gasteiger partial charge in [0.2, 0.25) is 0 Å². The number of aromatic nitrogens is 1. The van der Waals surface area contributed by atoms with E-state index < -0.39 is 0 Å². The molecule has 0 bridgehead atoms. The second-order valence-electron chi connectivity index (χ2n) is 7.84. The van der Waals surface area contributed by atoms with Gasteiger partial charge in [-0.1, -0.05) is 63.6 Å². The van der Waals surface area contributed by atoms with E-state index in [2.05, 4.69) is 24.1 Å². The van der Waals surface area contributed by atoms with Crippen LogP contribution >= 0.6 is 0 Å². The summed E-state index contributed by atoms with van der Waals surface area (Å²) in [6.07, 6.45) is 8.93. The van der Waals surface area contributed by atoms with Gasteiger partial charge < -0.3 is 4.57 Å². The molecule has 3 heteroatoms. The van der Waals surface area contributed by atoms with E-state index >= 15 is 0 Å². The van der Waals surface area contributed by atoms with Gasteiger partial charge in [-0.05, 0) is 35.8 Å². The maximum Gasteiger partial charge on any atom is 0.195 e. The van der Waals surface area contributed by atoms with E-state index in [4.69, 9.17) is 0 Å². The van der Waals surface area contributed by atoms with E-state index in [1.807, 2.05) is 37.4 Å². The molecule has 4 rings (SSSR count). The Labute approximate surface area is 171 Å². The largest absolute Gasteiger partial charge is 0.347 e. The van der Waals surface area contributed by atoms with Gasteiger partial charge in [0.05, 0.1) is 0 Å². The van der Waals surface area contributed by atoms with E-state index in [0.29, 0.717) is 16.7 Å². The topological polar surface area (TPSA) is 22.0 Å². The first-order valence-electron chi connectivity index (χ1n) is 10.3. The zero-order valence-corrected chi connectivity index (χ0v) is 17.0. The SMILES string of the molecule is C=C1C=Cc2c(F)ccc(C(=O)c3cn(CCCCC)c4ccccc34)c2C1C. The van der Waals surface area contributed by atoms with Gasteiger partial charge in [0.1, 0.15) is 5.82 Å². The maximum atomic E-state index is 14.5. The fourth-order valence-corrected chi connectivity index (χ4v) is 4.25. The molecule has 29 heavy (non-hydrogen) atoms. The van der Waals surface area contributed by atoms with Crippen molar-refractivity contribution < 1.29 is 9.18 Å². The van der Waals surface area contributed by atoms with E-state index in [9.17, 15) is 9.18 Å². The number of aryl methyl sites for hydroxylation is 1. The number of rotatable bonds is 6. The molecule has 1 aliphatic carbocycles. The average Bonchev–Trinajstić information content (AvgIpc) is 3.10. The number of benzene rings is 2. The Balaban J connectivity index is 1.84. The van der Waals surface area contributed by atoms with Crippen LogP contribution < -0.4 is 0 Å². The lowest BCUT2D eigenvalue weighted by atomic mass is 9.80. The molecule has 0 spiro atoms.